The fraction of sp³-hybridized carbons (Fsp3) is 0.167. The monoisotopic (exact) mass is 354 g/mol. The van der Waals surface area contributed by atoms with Crippen LogP contribution in [0.2, 0.25) is 10.0 Å². The molecule has 2 aromatic heterocycles. The molecule has 0 aliphatic carbocycles. The zero-order valence-corrected chi connectivity index (χ0v) is 12.5. The van der Waals surface area contributed by atoms with Gasteiger partial charge in [-0.3, -0.25) is 4.98 Å². The van der Waals surface area contributed by atoms with Crippen molar-refractivity contribution < 1.29 is 18.3 Å². The van der Waals surface area contributed by atoms with Crippen LogP contribution in [0.3, 0.4) is 0 Å². The number of thioether (sulfide) groups is 1. The lowest BCUT2D eigenvalue weighted by atomic mass is 10.3. The summed E-state index contributed by atoms with van der Waals surface area (Å²) >= 11 is 12.8. The van der Waals surface area contributed by atoms with Crippen LogP contribution in [0.25, 0.3) is 0 Å². The minimum atomic E-state index is -4.62. The van der Waals surface area contributed by atoms with Crippen LogP contribution < -0.4 is 0 Å². The molecule has 0 radical (unpaired) electrons. The Morgan fingerprint density at radius 3 is 2.33 bits per heavy atom. The summed E-state index contributed by atoms with van der Waals surface area (Å²) in [5, 5.41) is 9.99. The van der Waals surface area contributed by atoms with E-state index < -0.39 is 17.6 Å². The van der Waals surface area contributed by atoms with Crippen molar-refractivity contribution in [3.05, 3.63) is 45.8 Å². The second kappa shape index (κ2) is 6.29. The molecule has 0 aliphatic rings. The van der Waals surface area contributed by atoms with Gasteiger partial charge >= 0.3 is 6.18 Å². The standard InChI is InChI=1S/C12H7Cl2F3N2OS/c13-8-3-18-4-9(14)7(8)5-21-11-2-6(20)1-10(19-11)12(15,16)17/h1-4H,5H2,(H,19,20). The highest BCUT2D eigenvalue weighted by molar-refractivity contribution is 7.98. The smallest absolute Gasteiger partial charge is 0.433 e. The summed E-state index contributed by atoms with van der Waals surface area (Å²) in [7, 11) is 0. The largest absolute Gasteiger partial charge is 0.508 e. The topological polar surface area (TPSA) is 46.0 Å². The van der Waals surface area contributed by atoms with Gasteiger partial charge in [0.1, 0.15) is 16.5 Å². The number of nitrogens with zero attached hydrogens (tertiary/aromatic N) is 2. The van der Waals surface area contributed by atoms with Gasteiger partial charge in [-0.1, -0.05) is 23.2 Å². The molecule has 0 amide bonds. The number of hydrogen-bond acceptors (Lipinski definition) is 4. The molecule has 21 heavy (non-hydrogen) atoms. The maximum absolute atomic E-state index is 12.6. The average Bonchev–Trinajstić information content (AvgIpc) is 2.36. The van der Waals surface area contributed by atoms with E-state index in [9.17, 15) is 18.3 Å². The van der Waals surface area contributed by atoms with Gasteiger partial charge in [0.15, 0.2) is 0 Å². The number of halogens is 5. The van der Waals surface area contributed by atoms with Crippen molar-refractivity contribution in [2.45, 2.75) is 17.0 Å². The molecule has 0 aliphatic heterocycles. The van der Waals surface area contributed by atoms with Crippen LogP contribution in [-0.4, -0.2) is 15.1 Å². The molecule has 9 heteroatoms. The molecule has 0 atom stereocenters. The number of pyridine rings is 2. The van der Waals surface area contributed by atoms with Gasteiger partial charge in [-0.15, -0.1) is 11.8 Å². The lowest BCUT2D eigenvalue weighted by molar-refractivity contribution is -0.141. The number of hydrogen-bond donors (Lipinski definition) is 1. The normalized spacial score (nSPS) is 11.7. The van der Waals surface area contributed by atoms with E-state index in [2.05, 4.69) is 9.97 Å². The predicted molar refractivity (Wildman–Crippen MR) is 74.7 cm³/mol. The van der Waals surface area contributed by atoms with E-state index in [-0.39, 0.29) is 10.8 Å². The Kier molecular flexibility index (Phi) is 4.85. The zero-order chi connectivity index (χ0) is 15.6. The Balaban J connectivity index is 2.23. The lowest BCUT2D eigenvalue weighted by Crippen LogP contribution is -2.08. The Morgan fingerprint density at radius 1 is 1.14 bits per heavy atom. The van der Waals surface area contributed by atoms with E-state index in [0.717, 1.165) is 17.8 Å². The molecular weight excluding hydrogens is 348 g/mol. The van der Waals surface area contributed by atoms with E-state index in [1.807, 2.05) is 0 Å². The van der Waals surface area contributed by atoms with Crippen LogP contribution in [0.4, 0.5) is 13.2 Å². The highest BCUT2D eigenvalue weighted by Crippen LogP contribution is 2.35. The molecule has 2 rings (SSSR count). The molecule has 1 N–H and O–H groups in total. The van der Waals surface area contributed by atoms with Crippen molar-refractivity contribution >= 4 is 35.0 Å². The van der Waals surface area contributed by atoms with E-state index in [1.165, 1.54) is 12.4 Å². The third-order valence-corrected chi connectivity index (χ3v) is 3.98. The van der Waals surface area contributed by atoms with Crippen molar-refractivity contribution in [1.29, 1.82) is 0 Å². The molecule has 3 nitrogen and oxygen atoms in total. The molecule has 0 aromatic carbocycles. The summed E-state index contributed by atoms with van der Waals surface area (Å²) in [4.78, 5) is 7.24. The molecule has 0 saturated carbocycles. The fourth-order valence-corrected chi connectivity index (χ4v) is 3.06. The third-order valence-electron chi connectivity index (χ3n) is 2.39. The maximum Gasteiger partial charge on any atom is 0.433 e. The SMILES string of the molecule is Oc1cc(SCc2c(Cl)cncc2Cl)nc(C(F)(F)F)c1. The van der Waals surface area contributed by atoms with Gasteiger partial charge in [0.2, 0.25) is 0 Å². The quantitative estimate of drug-likeness (QED) is 0.804. The average molecular weight is 355 g/mol. The molecule has 0 saturated heterocycles. The molecule has 0 unspecified atom stereocenters. The van der Waals surface area contributed by atoms with Crippen LogP contribution in [0, 0.1) is 0 Å². The Labute approximate surface area is 132 Å². The van der Waals surface area contributed by atoms with Crippen molar-refractivity contribution in [1.82, 2.24) is 9.97 Å². The Hall–Kier alpha value is -1.18. The van der Waals surface area contributed by atoms with Crippen LogP contribution in [0.1, 0.15) is 11.3 Å². The zero-order valence-electron chi connectivity index (χ0n) is 10.2. The summed E-state index contributed by atoms with van der Waals surface area (Å²) in [6.45, 7) is 0. The van der Waals surface area contributed by atoms with E-state index in [4.69, 9.17) is 23.2 Å². The number of rotatable bonds is 3. The summed E-state index contributed by atoms with van der Waals surface area (Å²) in [5.41, 5.74) is -0.617. The highest BCUT2D eigenvalue weighted by atomic mass is 35.5. The second-order valence-corrected chi connectivity index (χ2v) is 5.73. The Morgan fingerprint density at radius 2 is 1.76 bits per heavy atom. The third kappa shape index (κ3) is 4.15. The molecular formula is C12H7Cl2F3N2OS. The van der Waals surface area contributed by atoms with E-state index >= 15 is 0 Å². The molecule has 0 bridgehead atoms. The van der Waals surface area contributed by atoms with Crippen molar-refractivity contribution in [3.63, 3.8) is 0 Å². The summed E-state index contributed by atoms with van der Waals surface area (Å²) in [5.74, 6) is -0.305. The Bertz CT molecular complexity index is 647. The van der Waals surface area contributed by atoms with Gasteiger partial charge in [0.25, 0.3) is 0 Å². The molecule has 112 valence electrons. The molecule has 0 spiro atoms. The van der Waals surface area contributed by atoms with Gasteiger partial charge in [-0.2, -0.15) is 13.2 Å². The predicted octanol–water partition coefficient (Wildman–Crippen LogP) is 4.80. The molecule has 2 aromatic rings. The molecule has 2 heterocycles. The number of alkyl halides is 3. The minimum Gasteiger partial charge on any atom is -0.508 e. The number of aromatic hydroxyl groups is 1. The second-order valence-electron chi connectivity index (χ2n) is 3.92. The van der Waals surface area contributed by atoms with Crippen LogP contribution in [0.5, 0.6) is 5.75 Å². The van der Waals surface area contributed by atoms with Crippen LogP contribution >= 0.6 is 35.0 Å². The minimum absolute atomic E-state index is 0.0197. The fourth-order valence-electron chi connectivity index (χ4n) is 1.43. The number of aromatic nitrogens is 2. The summed E-state index contributed by atoms with van der Waals surface area (Å²) < 4.78 is 37.8. The van der Waals surface area contributed by atoms with Crippen molar-refractivity contribution in [2.24, 2.45) is 0 Å². The first-order valence-corrected chi connectivity index (χ1v) is 7.20. The summed E-state index contributed by atoms with van der Waals surface area (Å²) in [6, 6.07) is 1.71. The van der Waals surface area contributed by atoms with Gasteiger partial charge < -0.3 is 5.11 Å². The van der Waals surface area contributed by atoms with Gasteiger partial charge in [-0.05, 0) is 0 Å². The lowest BCUT2D eigenvalue weighted by Gasteiger charge is -2.09. The van der Waals surface area contributed by atoms with Gasteiger partial charge in [0, 0.05) is 35.8 Å². The first kappa shape index (κ1) is 16.2. The van der Waals surface area contributed by atoms with E-state index in [0.29, 0.717) is 21.7 Å². The highest BCUT2D eigenvalue weighted by Gasteiger charge is 2.33. The van der Waals surface area contributed by atoms with Crippen LogP contribution in [-0.2, 0) is 11.9 Å². The van der Waals surface area contributed by atoms with E-state index in [1.54, 1.807) is 0 Å². The molecule has 0 fully saturated rings. The van der Waals surface area contributed by atoms with Crippen LogP contribution in [0.15, 0.2) is 29.6 Å². The van der Waals surface area contributed by atoms with Crippen molar-refractivity contribution in [2.75, 3.05) is 0 Å². The first-order valence-electron chi connectivity index (χ1n) is 5.46. The first-order chi connectivity index (χ1) is 9.77. The van der Waals surface area contributed by atoms with Crippen molar-refractivity contribution in [3.8, 4) is 5.75 Å². The van der Waals surface area contributed by atoms with Gasteiger partial charge in [0.05, 0.1) is 10.0 Å². The van der Waals surface area contributed by atoms with Gasteiger partial charge in [-0.25, -0.2) is 4.98 Å². The maximum atomic E-state index is 12.6. The summed E-state index contributed by atoms with van der Waals surface area (Å²) in [6.07, 6.45) is -1.85.